The fourth-order valence-corrected chi connectivity index (χ4v) is 0.628. The van der Waals surface area contributed by atoms with E-state index in [0.29, 0.717) is 5.69 Å². The maximum Gasteiger partial charge on any atom is 0.505 e. The fraction of sp³-hybridized carbons (Fsp3) is 0.125. The first-order chi connectivity index (χ1) is 6.61. The number of nitrogens with two attached hydrogens (primary N) is 2. The van der Waals surface area contributed by atoms with Crippen LogP contribution in [0.2, 0.25) is 0 Å². The SMILES string of the molecule is COC(=O)O.NNc1ccccc1N. The van der Waals surface area contributed by atoms with Crippen LogP contribution in [-0.2, 0) is 4.74 Å². The summed E-state index contributed by atoms with van der Waals surface area (Å²) in [7, 11) is 1.10. The summed E-state index contributed by atoms with van der Waals surface area (Å²) in [5, 5.41) is 7.50. The Labute approximate surface area is 81.4 Å². The highest BCUT2D eigenvalue weighted by atomic mass is 16.6. The Hall–Kier alpha value is -1.95. The number of nitrogen functional groups attached to an aromatic ring is 2. The summed E-state index contributed by atoms with van der Waals surface area (Å²) in [6.45, 7) is 0. The first-order valence-electron chi connectivity index (χ1n) is 3.69. The smallest absolute Gasteiger partial charge is 0.450 e. The summed E-state index contributed by atoms with van der Waals surface area (Å²) in [4.78, 5) is 9.15. The lowest BCUT2D eigenvalue weighted by atomic mass is 10.3. The van der Waals surface area contributed by atoms with Gasteiger partial charge in [-0.2, -0.15) is 0 Å². The molecule has 14 heavy (non-hydrogen) atoms. The van der Waals surface area contributed by atoms with Crippen LogP contribution in [0.5, 0.6) is 0 Å². The number of hydrogen-bond acceptors (Lipinski definition) is 5. The van der Waals surface area contributed by atoms with Gasteiger partial charge in [0.25, 0.3) is 0 Å². The normalized spacial score (nSPS) is 8.14. The zero-order chi connectivity index (χ0) is 11.0. The molecule has 0 heterocycles. The largest absolute Gasteiger partial charge is 0.505 e. The van der Waals surface area contributed by atoms with Crippen molar-refractivity contribution in [2.45, 2.75) is 0 Å². The monoisotopic (exact) mass is 199 g/mol. The van der Waals surface area contributed by atoms with Gasteiger partial charge in [-0.3, -0.25) is 5.84 Å². The Balaban J connectivity index is 0.000000292. The molecule has 1 rings (SSSR count). The van der Waals surface area contributed by atoms with E-state index in [2.05, 4.69) is 10.2 Å². The highest BCUT2D eigenvalue weighted by Crippen LogP contribution is 2.13. The molecule has 1 aromatic rings. The molecule has 0 fully saturated rings. The van der Waals surface area contributed by atoms with Crippen LogP contribution in [-0.4, -0.2) is 18.4 Å². The van der Waals surface area contributed by atoms with Gasteiger partial charge in [-0.1, -0.05) is 12.1 Å². The number of para-hydroxylation sites is 2. The van der Waals surface area contributed by atoms with Gasteiger partial charge < -0.3 is 21.0 Å². The minimum atomic E-state index is -1.25. The minimum absolute atomic E-state index is 0.667. The summed E-state index contributed by atoms with van der Waals surface area (Å²) in [6.07, 6.45) is -1.25. The third kappa shape index (κ3) is 4.83. The lowest BCUT2D eigenvalue weighted by Crippen LogP contribution is -2.08. The molecule has 0 aromatic heterocycles. The molecule has 0 atom stereocenters. The van der Waals surface area contributed by atoms with Crippen LogP contribution in [0.4, 0.5) is 16.2 Å². The maximum atomic E-state index is 9.15. The standard InChI is InChI=1S/C6H9N3.C2H4O3/c7-5-3-1-2-4-6(5)9-8;1-5-2(3)4/h1-4,9H,7-8H2;1H3,(H,3,4). The molecule has 1 aromatic carbocycles. The van der Waals surface area contributed by atoms with E-state index in [1.807, 2.05) is 18.2 Å². The molecule has 6 heteroatoms. The van der Waals surface area contributed by atoms with Crippen molar-refractivity contribution in [2.75, 3.05) is 18.3 Å². The number of methoxy groups -OCH3 is 1. The maximum absolute atomic E-state index is 9.15. The van der Waals surface area contributed by atoms with E-state index in [1.165, 1.54) is 0 Å². The average molecular weight is 199 g/mol. The summed E-state index contributed by atoms with van der Waals surface area (Å²) in [5.41, 5.74) is 9.39. The quantitative estimate of drug-likeness (QED) is 0.231. The van der Waals surface area contributed by atoms with Gasteiger partial charge in [0.1, 0.15) is 0 Å². The topological polar surface area (TPSA) is 111 Å². The third-order valence-corrected chi connectivity index (χ3v) is 1.29. The van der Waals surface area contributed by atoms with Crippen molar-refractivity contribution >= 4 is 17.5 Å². The van der Waals surface area contributed by atoms with Crippen molar-refractivity contribution in [1.29, 1.82) is 0 Å². The highest BCUT2D eigenvalue weighted by molar-refractivity contribution is 5.64. The van der Waals surface area contributed by atoms with Crippen LogP contribution in [0.1, 0.15) is 0 Å². The number of hydrogen-bond donors (Lipinski definition) is 4. The molecule has 0 radical (unpaired) electrons. The van der Waals surface area contributed by atoms with Gasteiger partial charge in [0.05, 0.1) is 18.5 Å². The van der Waals surface area contributed by atoms with Crippen molar-refractivity contribution in [3.63, 3.8) is 0 Å². The first kappa shape index (κ1) is 12.0. The van der Waals surface area contributed by atoms with Crippen molar-refractivity contribution < 1.29 is 14.6 Å². The lowest BCUT2D eigenvalue weighted by molar-refractivity contribution is 0.114. The van der Waals surface area contributed by atoms with E-state index in [1.54, 1.807) is 6.07 Å². The van der Waals surface area contributed by atoms with Gasteiger partial charge >= 0.3 is 6.16 Å². The van der Waals surface area contributed by atoms with Gasteiger partial charge in [-0.25, -0.2) is 4.79 Å². The van der Waals surface area contributed by atoms with Crippen LogP contribution in [0.3, 0.4) is 0 Å². The zero-order valence-corrected chi connectivity index (χ0v) is 7.73. The van der Waals surface area contributed by atoms with E-state index in [-0.39, 0.29) is 0 Å². The number of rotatable bonds is 1. The second-order valence-electron chi connectivity index (χ2n) is 2.20. The van der Waals surface area contributed by atoms with Crippen molar-refractivity contribution in [3.8, 4) is 0 Å². The van der Waals surface area contributed by atoms with E-state index in [0.717, 1.165) is 12.8 Å². The highest BCUT2D eigenvalue weighted by Gasteiger charge is 1.89. The molecule has 6 nitrogen and oxygen atoms in total. The van der Waals surface area contributed by atoms with E-state index in [9.17, 15) is 0 Å². The molecular formula is C8H13N3O3. The summed E-state index contributed by atoms with van der Waals surface area (Å²) >= 11 is 0. The lowest BCUT2D eigenvalue weighted by Gasteiger charge is -2.00. The molecule has 78 valence electrons. The number of benzene rings is 1. The van der Waals surface area contributed by atoms with E-state index < -0.39 is 6.16 Å². The van der Waals surface area contributed by atoms with Gasteiger partial charge in [-0.15, -0.1) is 0 Å². The van der Waals surface area contributed by atoms with Crippen LogP contribution >= 0.6 is 0 Å². The number of carboxylic acid groups (broad SMARTS) is 1. The number of hydrazine groups is 1. The van der Waals surface area contributed by atoms with Gasteiger partial charge in [0.15, 0.2) is 0 Å². The predicted octanol–water partition coefficient (Wildman–Crippen LogP) is 0.865. The van der Waals surface area contributed by atoms with Crippen LogP contribution < -0.4 is 17.0 Å². The van der Waals surface area contributed by atoms with Crippen LogP contribution in [0.25, 0.3) is 0 Å². The Morgan fingerprint density at radius 2 is 2.00 bits per heavy atom. The molecule has 0 saturated carbocycles. The van der Waals surface area contributed by atoms with Crippen molar-refractivity contribution in [3.05, 3.63) is 24.3 Å². The van der Waals surface area contributed by atoms with Crippen LogP contribution in [0, 0.1) is 0 Å². The molecule has 0 aliphatic heterocycles. The van der Waals surface area contributed by atoms with Crippen LogP contribution in [0.15, 0.2) is 24.3 Å². The molecule has 0 aliphatic carbocycles. The average Bonchev–Trinajstić information content (AvgIpc) is 2.19. The minimum Gasteiger partial charge on any atom is -0.450 e. The number of nitrogens with one attached hydrogen (secondary N) is 1. The Morgan fingerprint density at radius 3 is 2.29 bits per heavy atom. The number of carbonyl (C=O) groups is 1. The van der Waals surface area contributed by atoms with Crippen molar-refractivity contribution in [2.24, 2.45) is 5.84 Å². The summed E-state index contributed by atoms with van der Waals surface area (Å²) < 4.78 is 3.67. The second-order valence-corrected chi connectivity index (χ2v) is 2.20. The van der Waals surface area contributed by atoms with Crippen molar-refractivity contribution in [1.82, 2.24) is 0 Å². The summed E-state index contributed by atoms with van der Waals surface area (Å²) in [6, 6.07) is 7.33. The summed E-state index contributed by atoms with van der Waals surface area (Å²) in [5.74, 6) is 5.12. The Kier molecular flexibility index (Phi) is 5.64. The second kappa shape index (κ2) is 6.55. The molecule has 0 saturated heterocycles. The first-order valence-corrected chi connectivity index (χ1v) is 3.69. The molecule has 6 N–H and O–H groups in total. The van der Waals surface area contributed by atoms with Gasteiger partial charge in [-0.05, 0) is 12.1 Å². The Morgan fingerprint density at radius 1 is 1.50 bits per heavy atom. The van der Waals surface area contributed by atoms with Gasteiger partial charge in [0, 0.05) is 0 Å². The van der Waals surface area contributed by atoms with E-state index in [4.69, 9.17) is 21.5 Å². The number of anilines is 2. The van der Waals surface area contributed by atoms with Gasteiger partial charge in [0.2, 0.25) is 0 Å². The molecule has 0 amide bonds. The zero-order valence-electron chi connectivity index (χ0n) is 7.73. The molecule has 0 bridgehead atoms. The Bertz CT molecular complexity index is 291. The molecule has 0 aliphatic rings. The molecule has 0 spiro atoms. The fourth-order valence-electron chi connectivity index (χ4n) is 0.628. The molecule has 0 unspecified atom stereocenters. The van der Waals surface area contributed by atoms with E-state index >= 15 is 0 Å². The number of ether oxygens (including phenoxy) is 1. The third-order valence-electron chi connectivity index (χ3n) is 1.29. The predicted molar refractivity (Wildman–Crippen MR) is 53.7 cm³/mol. The molecular weight excluding hydrogens is 186 g/mol.